The second-order valence-corrected chi connectivity index (χ2v) is 3.25. The highest BCUT2D eigenvalue weighted by Crippen LogP contribution is 2.00. The van der Waals surface area contributed by atoms with E-state index in [1.54, 1.807) is 0 Å². The van der Waals surface area contributed by atoms with Crippen LogP contribution in [0.2, 0.25) is 0 Å². The first-order chi connectivity index (χ1) is 7.61. The third-order valence-electron chi connectivity index (χ3n) is 2.02. The number of rotatable bonds is 8. The van der Waals surface area contributed by atoms with Gasteiger partial charge in [0.2, 0.25) is 0 Å². The number of esters is 1. The van der Waals surface area contributed by atoms with Gasteiger partial charge in [-0.15, -0.1) is 0 Å². The van der Waals surface area contributed by atoms with Crippen molar-refractivity contribution in [1.82, 2.24) is 5.32 Å². The SMILES string of the molecule is [3H]COC(=O)CC[C@H](NCCCC)C(=O)O. The monoisotopic (exact) mass is 219 g/mol. The molecule has 88 valence electrons. The Labute approximate surface area is 91.2 Å². The Morgan fingerprint density at radius 1 is 1.60 bits per heavy atom. The smallest absolute Gasteiger partial charge is 0.320 e. The van der Waals surface area contributed by atoms with Crippen LogP contribution in [-0.4, -0.2) is 36.7 Å². The van der Waals surface area contributed by atoms with Gasteiger partial charge < -0.3 is 15.2 Å². The molecule has 0 aliphatic carbocycles. The summed E-state index contributed by atoms with van der Waals surface area (Å²) in [6.07, 6.45) is 2.11. The molecular formula is C10H19NO4. The maximum atomic E-state index is 10.9. The topological polar surface area (TPSA) is 75.6 Å². The lowest BCUT2D eigenvalue weighted by atomic mass is 10.1. The predicted molar refractivity (Wildman–Crippen MR) is 55.6 cm³/mol. The molecule has 0 saturated carbocycles. The minimum atomic E-state index is -0.963. The molecule has 0 bridgehead atoms. The third-order valence-corrected chi connectivity index (χ3v) is 2.02. The first kappa shape index (κ1) is 12.0. The lowest BCUT2D eigenvalue weighted by molar-refractivity contribution is -0.142. The number of unbranched alkanes of at least 4 members (excludes halogenated alkanes) is 1. The van der Waals surface area contributed by atoms with Gasteiger partial charge in [-0.3, -0.25) is 9.59 Å². The van der Waals surface area contributed by atoms with E-state index in [-0.39, 0.29) is 12.8 Å². The summed E-state index contributed by atoms with van der Waals surface area (Å²) in [6, 6.07) is -0.718. The van der Waals surface area contributed by atoms with Crippen LogP contribution in [0.15, 0.2) is 0 Å². The van der Waals surface area contributed by atoms with Gasteiger partial charge in [0.1, 0.15) is 6.04 Å². The van der Waals surface area contributed by atoms with Crippen molar-refractivity contribution >= 4 is 11.9 Å². The molecule has 0 aromatic carbocycles. The molecule has 0 aromatic rings. The summed E-state index contributed by atoms with van der Waals surface area (Å²) in [5, 5.41) is 11.7. The Balaban J connectivity index is 3.85. The number of methoxy groups -OCH3 is 1. The summed E-state index contributed by atoms with van der Waals surface area (Å²) in [7, 11) is -0.417. The number of hydrogen-bond donors (Lipinski definition) is 2. The van der Waals surface area contributed by atoms with Crippen LogP contribution in [0, 0.1) is 0 Å². The minimum Gasteiger partial charge on any atom is -0.480 e. The van der Waals surface area contributed by atoms with Crippen molar-refractivity contribution in [3.05, 3.63) is 0 Å². The zero-order chi connectivity index (χ0) is 12.4. The van der Waals surface area contributed by atoms with Gasteiger partial charge in [0.15, 0.2) is 0 Å². The average Bonchev–Trinajstić information content (AvgIpc) is 2.23. The molecule has 2 N–H and O–H groups in total. The summed E-state index contributed by atoms with van der Waals surface area (Å²) in [4.78, 5) is 21.7. The normalized spacial score (nSPS) is 13.0. The third kappa shape index (κ3) is 6.90. The number of carbonyl (C=O) groups is 2. The van der Waals surface area contributed by atoms with Gasteiger partial charge in [-0.2, -0.15) is 0 Å². The fraction of sp³-hybridized carbons (Fsp3) is 0.800. The van der Waals surface area contributed by atoms with Crippen LogP contribution in [0.4, 0.5) is 0 Å². The molecule has 0 aliphatic heterocycles. The molecule has 0 aromatic heterocycles. The molecule has 0 saturated heterocycles. The number of hydrogen-bond acceptors (Lipinski definition) is 4. The highest BCUT2D eigenvalue weighted by Gasteiger charge is 2.17. The van der Waals surface area contributed by atoms with Crippen molar-refractivity contribution in [2.45, 2.75) is 38.6 Å². The average molecular weight is 219 g/mol. The van der Waals surface area contributed by atoms with Crippen LogP contribution in [0.3, 0.4) is 0 Å². The van der Waals surface area contributed by atoms with E-state index in [4.69, 9.17) is 6.48 Å². The molecule has 1 atom stereocenters. The molecule has 0 rings (SSSR count). The van der Waals surface area contributed by atoms with E-state index in [0.29, 0.717) is 6.54 Å². The van der Waals surface area contributed by atoms with Gasteiger partial charge in [0.05, 0.1) is 8.46 Å². The van der Waals surface area contributed by atoms with Crippen LogP contribution >= 0.6 is 0 Å². The molecule has 5 heteroatoms. The Morgan fingerprint density at radius 2 is 2.33 bits per heavy atom. The second-order valence-electron chi connectivity index (χ2n) is 3.25. The van der Waals surface area contributed by atoms with Crippen molar-refractivity contribution < 1.29 is 20.8 Å². The fourth-order valence-corrected chi connectivity index (χ4v) is 1.10. The Morgan fingerprint density at radius 3 is 2.87 bits per heavy atom. The summed E-state index contributed by atoms with van der Waals surface area (Å²) >= 11 is 0. The minimum absolute atomic E-state index is 0.0228. The zero-order valence-corrected chi connectivity index (χ0v) is 8.99. The molecule has 0 aliphatic rings. The Kier molecular flexibility index (Phi) is 6.57. The summed E-state index contributed by atoms with van der Waals surface area (Å²) in [5.41, 5.74) is 0. The van der Waals surface area contributed by atoms with Gasteiger partial charge >= 0.3 is 11.9 Å². The lowest BCUT2D eigenvalue weighted by Crippen LogP contribution is -2.37. The Bertz CT molecular complexity index is 223. The molecule has 0 unspecified atom stereocenters. The van der Waals surface area contributed by atoms with Crippen molar-refractivity contribution in [2.75, 3.05) is 13.6 Å². The second kappa shape index (κ2) is 8.23. The molecule has 0 amide bonds. The first-order valence-corrected chi connectivity index (χ1v) is 5.02. The first-order valence-electron chi connectivity index (χ1n) is 5.73. The van der Waals surface area contributed by atoms with Crippen molar-refractivity contribution in [3.63, 3.8) is 0 Å². The molecular weight excluding hydrogens is 198 g/mol. The summed E-state index contributed by atoms with van der Waals surface area (Å²) < 4.78 is 11.1. The number of carbonyl (C=O) groups excluding carboxylic acids is 1. The van der Waals surface area contributed by atoms with Gasteiger partial charge in [0.25, 0.3) is 0 Å². The van der Waals surface area contributed by atoms with Gasteiger partial charge in [0, 0.05) is 6.42 Å². The van der Waals surface area contributed by atoms with Gasteiger partial charge in [-0.25, -0.2) is 0 Å². The van der Waals surface area contributed by atoms with Gasteiger partial charge in [-0.05, 0) is 19.4 Å². The highest BCUT2D eigenvalue weighted by atomic mass is 16.5. The largest absolute Gasteiger partial charge is 0.480 e. The fourth-order valence-electron chi connectivity index (χ4n) is 1.10. The van der Waals surface area contributed by atoms with E-state index >= 15 is 0 Å². The van der Waals surface area contributed by atoms with E-state index < -0.39 is 25.1 Å². The Hall–Kier alpha value is -1.10. The number of carboxylic acids is 1. The molecule has 0 heterocycles. The van der Waals surface area contributed by atoms with Gasteiger partial charge in [-0.1, -0.05) is 13.3 Å². The molecule has 0 fully saturated rings. The number of aliphatic carboxylic acids is 1. The van der Waals surface area contributed by atoms with Crippen molar-refractivity contribution in [1.29, 1.82) is 0 Å². The van der Waals surface area contributed by atoms with E-state index in [1.807, 2.05) is 6.92 Å². The molecule has 15 heavy (non-hydrogen) atoms. The van der Waals surface area contributed by atoms with E-state index in [9.17, 15) is 9.59 Å². The van der Waals surface area contributed by atoms with Crippen LogP contribution < -0.4 is 5.32 Å². The number of ether oxygens (including phenoxy) is 1. The predicted octanol–water partition coefficient (Wildman–Crippen LogP) is 0.783. The van der Waals surface area contributed by atoms with Crippen molar-refractivity contribution in [3.8, 4) is 0 Å². The number of carboxylic acid groups (broad SMARTS) is 1. The van der Waals surface area contributed by atoms with Crippen LogP contribution in [0.1, 0.15) is 34.0 Å². The standard InChI is InChI=1S/C10H19NO4/c1-3-4-7-11-8(10(13)14)5-6-9(12)15-2/h8,11H,3-7H2,1-2H3,(H,13,14)/t8-/m0/s1/i2T. The van der Waals surface area contributed by atoms with Crippen LogP contribution in [0.25, 0.3) is 0 Å². The summed E-state index contributed by atoms with van der Waals surface area (Å²) in [6.45, 7) is 2.64. The van der Waals surface area contributed by atoms with Crippen molar-refractivity contribution in [2.24, 2.45) is 0 Å². The molecule has 0 radical (unpaired) electrons. The maximum Gasteiger partial charge on any atom is 0.320 e. The highest BCUT2D eigenvalue weighted by molar-refractivity contribution is 5.75. The molecule has 5 nitrogen and oxygen atoms in total. The van der Waals surface area contributed by atoms with E-state index in [0.717, 1.165) is 12.8 Å². The summed E-state index contributed by atoms with van der Waals surface area (Å²) in [5.74, 6) is -1.49. The molecule has 0 spiro atoms. The van der Waals surface area contributed by atoms with Crippen LogP contribution in [-0.2, 0) is 14.3 Å². The lowest BCUT2D eigenvalue weighted by Gasteiger charge is -2.13. The quantitative estimate of drug-likeness (QED) is 0.466. The zero-order valence-electron chi connectivity index (χ0n) is 9.99. The number of nitrogens with one attached hydrogen (secondary N) is 1. The van der Waals surface area contributed by atoms with Crippen LogP contribution in [0.5, 0.6) is 0 Å². The maximum absolute atomic E-state index is 10.9. The van der Waals surface area contributed by atoms with E-state index in [2.05, 4.69) is 10.1 Å². The van der Waals surface area contributed by atoms with E-state index in [1.165, 1.54) is 0 Å².